The molecule has 0 aromatic carbocycles. The number of nitrogens with zero attached hydrogens (tertiary/aromatic N) is 6. The molecule has 1 unspecified atom stereocenters. The summed E-state index contributed by atoms with van der Waals surface area (Å²) >= 11 is 0. The van der Waals surface area contributed by atoms with Crippen molar-refractivity contribution < 1.29 is 4.79 Å². The van der Waals surface area contributed by atoms with E-state index in [4.69, 9.17) is 0 Å². The monoisotopic (exact) mass is 441 g/mol. The summed E-state index contributed by atoms with van der Waals surface area (Å²) < 4.78 is 1.84. The third-order valence-corrected chi connectivity index (χ3v) is 5.50. The number of rotatable bonds is 6. The minimum Gasteiger partial charge on any atom is -0.336 e. The molecule has 2 aliphatic rings. The van der Waals surface area contributed by atoms with Crippen LogP contribution in [0.25, 0.3) is 0 Å². The number of halogens is 2. The predicted octanol–water partition coefficient (Wildman–Crippen LogP) is 1.13. The number of pyridine rings is 1. The fourth-order valence-corrected chi connectivity index (χ4v) is 3.89. The van der Waals surface area contributed by atoms with Crippen LogP contribution in [0.2, 0.25) is 0 Å². The minimum atomic E-state index is 0. The van der Waals surface area contributed by atoms with Crippen molar-refractivity contribution in [3.63, 3.8) is 0 Å². The highest BCUT2D eigenvalue weighted by atomic mass is 35.5. The maximum absolute atomic E-state index is 12.9. The molecule has 8 nitrogen and oxygen atoms in total. The fraction of sp³-hybridized carbons (Fsp3) is 0.579. The number of nitrogens with one attached hydrogen (secondary N) is 1. The lowest BCUT2D eigenvalue weighted by atomic mass is 9.99. The zero-order chi connectivity index (χ0) is 18.5. The highest BCUT2D eigenvalue weighted by molar-refractivity contribution is 5.94. The molecular weight excluding hydrogens is 413 g/mol. The first-order valence-electron chi connectivity index (χ1n) is 9.76. The molecule has 0 aliphatic carbocycles. The fourth-order valence-electron chi connectivity index (χ4n) is 3.89. The molecule has 29 heavy (non-hydrogen) atoms. The Kier molecular flexibility index (Phi) is 9.29. The summed E-state index contributed by atoms with van der Waals surface area (Å²) in [5.41, 5.74) is 1.88. The third-order valence-electron chi connectivity index (χ3n) is 5.50. The summed E-state index contributed by atoms with van der Waals surface area (Å²) in [6.45, 7) is 7.21. The summed E-state index contributed by atoms with van der Waals surface area (Å²) in [5.74, 6) is 0.760. The van der Waals surface area contributed by atoms with Gasteiger partial charge in [-0.1, -0.05) is 0 Å². The SMILES string of the molecule is Cl.Cl.O=C(c1cncc(CC2CCNC2)c1)N1CCN(CCn2cncn2)CC1. The van der Waals surface area contributed by atoms with Crippen molar-refractivity contribution in [3.8, 4) is 0 Å². The van der Waals surface area contributed by atoms with Gasteiger partial charge in [0.25, 0.3) is 5.91 Å². The van der Waals surface area contributed by atoms with Gasteiger partial charge in [-0.05, 0) is 43.5 Å². The molecule has 2 aromatic rings. The van der Waals surface area contributed by atoms with E-state index >= 15 is 0 Å². The number of amides is 1. The average Bonchev–Trinajstić information content (AvgIpc) is 3.41. The Hall–Kier alpha value is -1.74. The van der Waals surface area contributed by atoms with E-state index in [2.05, 4.69) is 25.3 Å². The van der Waals surface area contributed by atoms with E-state index in [1.54, 1.807) is 18.9 Å². The molecule has 10 heteroatoms. The van der Waals surface area contributed by atoms with Gasteiger partial charge in [0, 0.05) is 45.1 Å². The van der Waals surface area contributed by atoms with E-state index in [0.717, 1.165) is 64.3 Å². The van der Waals surface area contributed by atoms with Crippen molar-refractivity contribution in [1.82, 2.24) is 34.9 Å². The quantitative estimate of drug-likeness (QED) is 0.723. The maximum Gasteiger partial charge on any atom is 0.255 e. The first-order valence-corrected chi connectivity index (χ1v) is 9.76. The molecule has 4 rings (SSSR count). The lowest BCUT2D eigenvalue weighted by Gasteiger charge is -2.34. The van der Waals surface area contributed by atoms with E-state index in [-0.39, 0.29) is 30.7 Å². The predicted molar refractivity (Wildman–Crippen MR) is 116 cm³/mol. The summed E-state index contributed by atoms with van der Waals surface area (Å²) in [7, 11) is 0. The molecule has 0 radical (unpaired) electrons. The molecular formula is C19H29Cl2N7O. The maximum atomic E-state index is 12.9. The number of carbonyl (C=O) groups is 1. The Morgan fingerprint density at radius 3 is 2.62 bits per heavy atom. The molecule has 2 fully saturated rings. The van der Waals surface area contributed by atoms with Crippen LogP contribution < -0.4 is 5.32 Å². The molecule has 2 aromatic heterocycles. The van der Waals surface area contributed by atoms with Gasteiger partial charge in [-0.25, -0.2) is 4.98 Å². The van der Waals surface area contributed by atoms with E-state index in [1.807, 2.05) is 21.8 Å². The standard InChI is InChI=1S/C19H27N7O.2ClH/c27-19(18-10-17(12-21-13-18)9-16-1-2-20-11-16)25-6-3-24(4-7-25)5-8-26-15-22-14-23-26;;/h10,12-16,20H,1-9,11H2;2*1H. The zero-order valence-electron chi connectivity index (χ0n) is 16.4. The van der Waals surface area contributed by atoms with Crippen molar-refractivity contribution in [3.05, 3.63) is 42.2 Å². The van der Waals surface area contributed by atoms with Gasteiger partial charge in [0.05, 0.1) is 12.1 Å². The summed E-state index contributed by atoms with van der Waals surface area (Å²) in [4.78, 5) is 25.5. The normalized spacial score (nSPS) is 19.4. The van der Waals surface area contributed by atoms with E-state index in [0.29, 0.717) is 5.92 Å². The lowest BCUT2D eigenvalue weighted by Crippen LogP contribution is -2.49. The highest BCUT2D eigenvalue weighted by Crippen LogP contribution is 2.16. The van der Waals surface area contributed by atoms with Gasteiger partial charge in [0.1, 0.15) is 12.7 Å². The largest absolute Gasteiger partial charge is 0.336 e. The van der Waals surface area contributed by atoms with Gasteiger partial charge in [-0.3, -0.25) is 19.4 Å². The second kappa shape index (κ2) is 11.4. The number of carbonyl (C=O) groups excluding carboxylic acids is 1. The van der Waals surface area contributed by atoms with Crippen LogP contribution in [-0.4, -0.2) is 81.3 Å². The van der Waals surface area contributed by atoms with Crippen LogP contribution in [0.3, 0.4) is 0 Å². The van der Waals surface area contributed by atoms with Crippen molar-refractivity contribution in [2.75, 3.05) is 45.8 Å². The van der Waals surface area contributed by atoms with Crippen LogP contribution >= 0.6 is 24.8 Å². The Morgan fingerprint density at radius 1 is 1.10 bits per heavy atom. The van der Waals surface area contributed by atoms with Crippen molar-refractivity contribution >= 4 is 30.7 Å². The van der Waals surface area contributed by atoms with E-state index < -0.39 is 0 Å². The van der Waals surface area contributed by atoms with Gasteiger partial charge >= 0.3 is 0 Å². The average molecular weight is 442 g/mol. The second-order valence-electron chi connectivity index (χ2n) is 7.44. The number of hydrogen-bond donors (Lipinski definition) is 1. The van der Waals surface area contributed by atoms with Gasteiger partial charge in [0.15, 0.2) is 0 Å². The highest BCUT2D eigenvalue weighted by Gasteiger charge is 2.23. The van der Waals surface area contributed by atoms with Crippen molar-refractivity contribution in [1.29, 1.82) is 0 Å². The first kappa shape index (κ1) is 23.5. The molecule has 1 atom stereocenters. The van der Waals surface area contributed by atoms with Crippen LogP contribution in [0.15, 0.2) is 31.1 Å². The Balaban J connectivity index is 0.00000150. The molecule has 2 saturated heterocycles. The molecule has 4 heterocycles. The van der Waals surface area contributed by atoms with Gasteiger partial charge in [-0.15, -0.1) is 24.8 Å². The minimum absolute atomic E-state index is 0. The van der Waals surface area contributed by atoms with E-state index in [1.165, 1.54) is 12.0 Å². The Labute approximate surface area is 183 Å². The Bertz CT molecular complexity index is 745. The molecule has 1 N–H and O–H groups in total. The van der Waals surface area contributed by atoms with Crippen molar-refractivity contribution in [2.24, 2.45) is 5.92 Å². The van der Waals surface area contributed by atoms with E-state index in [9.17, 15) is 4.79 Å². The summed E-state index contributed by atoms with van der Waals surface area (Å²) in [6.07, 6.45) is 9.10. The molecule has 2 aliphatic heterocycles. The Morgan fingerprint density at radius 2 is 1.93 bits per heavy atom. The second-order valence-corrected chi connectivity index (χ2v) is 7.44. The molecule has 1 amide bonds. The van der Waals surface area contributed by atoms with Gasteiger partial charge in [0.2, 0.25) is 0 Å². The van der Waals surface area contributed by atoms with Gasteiger partial charge < -0.3 is 10.2 Å². The van der Waals surface area contributed by atoms with Crippen LogP contribution in [-0.2, 0) is 13.0 Å². The van der Waals surface area contributed by atoms with Crippen LogP contribution in [0.4, 0.5) is 0 Å². The summed E-state index contributed by atoms with van der Waals surface area (Å²) in [5, 5.41) is 7.53. The zero-order valence-corrected chi connectivity index (χ0v) is 18.1. The molecule has 0 saturated carbocycles. The topological polar surface area (TPSA) is 79.2 Å². The van der Waals surface area contributed by atoms with Crippen LogP contribution in [0.5, 0.6) is 0 Å². The van der Waals surface area contributed by atoms with Crippen molar-refractivity contribution in [2.45, 2.75) is 19.4 Å². The molecule has 0 spiro atoms. The number of hydrogen-bond acceptors (Lipinski definition) is 6. The molecule has 0 bridgehead atoms. The number of piperazine rings is 1. The first-order chi connectivity index (χ1) is 13.3. The third kappa shape index (κ3) is 6.37. The lowest BCUT2D eigenvalue weighted by molar-refractivity contribution is 0.0631. The molecule has 160 valence electrons. The summed E-state index contributed by atoms with van der Waals surface area (Å²) in [6, 6.07) is 2.03. The number of aromatic nitrogens is 4. The van der Waals surface area contributed by atoms with Crippen LogP contribution in [0.1, 0.15) is 22.3 Å². The van der Waals surface area contributed by atoms with Crippen LogP contribution in [0, 0.1) is 5.92 Å². The smallest absolute Gasteiger partial charge is 0.255 e. The van der Waals surface area contributed by atoms with Gasteiger partial charge in [-0.2, -0.15) is 5.10 Å².